The van der Waals surface area contributed by atoms with Crippen molar-refractivity contribution < 1.29 is 26.8 Å². The van der Waals surface area contributed by atoms with Crippen LogP contribution >= 0.6 is 0 Å². The fraction of sp³-hybridized carbons (Fsp3) is 0.182. The molecule has 0 atom stereocenters. The van der Waals surface area contributed by atoms with Gasteiger partial charge in [0.1, 0.15) is 11.6 Å². The van der Waals surface area contributed by atoms with Gasteiger partial charge in [0.25, 0.3) is 5.91 Å². The zero-order chi connectivity index (χ0) is 23.3. The fourth-order valence-electron chi connectivity index (χ4n) is 3.02. The molecule has 2 N–H and O–H groups in total. The molecule has 8 nitrogen and oxygen atoms in total. The lowest BCUT2D eigenvalue weighted by molar-refractivity contribution is 0.0831. The van der Waals surface area contributed by atoms with Gasteiger partial charge in [0.05, 0.1) is 10.5 Å². The van der Waals surface area contributed by atoms with Gasteiger partial charge in [-0.3, -0.25) is 20.4 Å². The molecule has 1 heterocycles. The Kier molecular flexibility index (Phi) is 7.06. The maximum atomic E-state index is 13.9. The highest BCUT2D eigenvalue weighted by Crippen LogP contribution is 2.24. The summed E-state index contributed by atoms with van der Waals surface area (Å²) in [6.45, 7) is 4.03. The second-order valence-corrected chi connectivity index (χ2v) is 8.61. The molecule has 0 radical (unpaired) electrons. The maximum Gasteiger partial charge on any atom is 0.305 e. The quantitative estimate of drug-likeness (QED) is 0.528. The van der Waals surface area contributed by atoms with E-state index in [2.05, 4.69) is 10.9 Å². The van der Waals surface area contributed by atoms with Crippen molar-refractivity contribution in [2.24, 2.45) is 0 Å². The molecule has 168 valence electrons. The largest absolute Gasteiger partial charge is 0.451 e. The zero-order valence-corrected chi connectivity index (χ0v) is 18.3. The topological polar surface area (TPSA) is 109 Å². The van der Waals surface area contributed by atoms with E-state index in [1.165, 1.54) is 58.9 Å². The Labute approximate surface area is 185 Å². The highest BCUT2D eigenvalue weighted by Gasteiger charge is 2.23. The molecule has 2 aromatic carbocycles. The minimum atomic E-state index is -3.74. The van der Waals surface area contributed by atoms with Crippen LogP contribution in [0.4, 0.5) is 4.39 Å². The third kappa shape index (κ3) is 4.87. The van der Waals surface area contributed by atoms with E-state index in [-0.39, 0.29) is 27.5 Å². The molecule has 0 spiro atoms. The van der Waals surface area contributed by atoms with Gasteiger partial charge in [-0.15, -0.1) is 0 Å². The monoisotopic (exact) mass is 459 g/mol. The standard InChI is InChI=1S/C22H22FN3O5S/c1-3-26(4-2)32(29,30)16-9-7-8-15(14-16)21(27)24-25-22(28)20-13-12-19(31-20)17-10-5-6-11-18(17)23/h5-14H,3-4H2,1-2H3,(H,24,27)(H,25,28). The summed E-state index contributed by atoms with van der Waals surface area (Å²) in [4.78, 5) is 24.7. The Morgan fingerprint density at radius 3 is 2.31 bits per heavy atom. The van der Waals surface area contributed by atoms with E-state index in [1.807, 2.05) is 0 Å². The Balaban J connectivity index is 1.69. The van der Waals surface area contributed by atoms with Gasteiger partial charge in [-0.05, 0) is 42.5 Å². The van der Waals surface area contributed by atoms with Crippen LogP contribution in [-0.2, 0) is 10.0 Å². The van der Waals surface area contributed by atoms with E-state index in [4.69, 9.17) is 4.42 Å². The molecule has 0 fully saturated rings. The third-order valence-corrected chi connectivity index (χ3v) is 6.74. The first kappa shape index (κ1) is 23.2. The van der Waals surface area contributed by atoms with Crippen molar-refractivity contribution in [3.8, 4) is 11.3 Å². The van der Waals surface area contributed by atoms with Crippen molar-refractivity contribution in [2.45, 2.75) is 18.7 Å². The average molecular weight is 459 g/mol. The van der Waals surface area contributed by atoms with Crippen LogP contribution in [0.5, 0.6) is 0 Å². The van der Waals surface area contributed by atoms with Crippen LogP contribution in [0.2, 0.25) is 0 Å². The predicted molar refractivity (Wildman–Crippen MR) is 116 cm³/mol. The first-order valence-corrected chi connectivity index (χ1v) is 11.3. The molecule has 0 aliphatic carbocycles. The van der Waals surface area contributed by atoms with E-state index in [1.54, 1.807) is 19.9 Å². The van der Waals surface area contributed by atoms with Crippen molar-refractivity contribution in [3.05, 3.63) is 77.8 Å². The molecule has 0 saturated heterocycles. The van der Waals surface area contributed by atoms with Crippen molar-refractivity contribution in [3.63, 3.8) is 0 Å². The van der Waals surface area contributed by atoms with Crippen LogP contribution in [0.15, 0.2) is 70.0 Å². The Bertz CT molecular complexity index is 1240. The molecule has 32 heavy (non-hydrogen) atoms. The number of hydrogen-bond donors (Lipinski definition) is 2. The second-order valence-electron chi connectivity index (χ2n) is 6.67. The van der Waals surface area contributed by atoms with Gasteiger partial charge in [-0.1, -0.05) is 32.0 Å². The third-order valence-electron chi connectivity index (χ3n) is 4.70. The molecule has 0 saturated carbocycles. The number of sulfonamides is 1. The Morgan fingerprint density at radius 1 is 0.938 bits per heavy atom. The van der Waals surface area contributed by atoms with Crippen molar-refractivity contribution in [2.75, 3.05) is 13.1 Å². The van der Waals surface area contributed by atoms with E-state index < -0.39 is 27.7 Å². The van der Waals surface area contributed by atoms with Crippen LogP contribution in [-0.4, -0.2) is 37.6 Å². The maximum absolute atomic E-state index is 13.9. The molecule has 3 rings (SSSR count). The van der Waals surface area contributed by atoms with Gasteiger partial charge in [-0.2, -0.15) is 4.31 Å². The van der Waals surface area contributed by atoms with Gasteiger partial charge in [0.15, 0.2) is 5.76 Å². The van der Waals surface area contributed by atoms with Crippen LogP contribution < -0.4 is 10.9 Å². The normalized spacial score (nSPS) is 11.4. The summed E-state index contributed by atoms with van der Waals surface area (Å²) in [5.74, 6) is -1.94. The molecule has 0 aliphatic rings. The summed E-state index contributed by atoms with van der Waals surface area (Å²) in [5, 5.41) is 0. The fourth-order valence-corrected chi connectivity index (χ4v) is 4.53. The van der Waals surface area contributed by atoms with E-state index in [9.17, 15) is 22.4 Å². The number of hydrazine groups is 1. The van der Waals surface area contributed by atoms with Crippen molar-refractivity contribution >= 4 is 21.8 Å². The van der Waals surface area contributed by atoms with Crippen molar-refractivity contribution in [1.29, 1.82) is 0 Å². The highest BCUT2D eigenvalue weighted by molar-refractivity contribution is 7.89. The number of nitrogens with zero attached hydrogens (tertiary/aromatic N) is 1. The van der Waals surface area contributed by atoms with Crippen LogP contribution in [0.25, 0.3) is 11.3 Å². The molecule has 1 aromatic heterocycles. The zero-order valence-electron chi connectivity index (χ0n) is 17.5. The molecular weight excluding hydrogens is 437 g/mol. The van der Waals surface area contributed by atoms with Gasteiger partial charge in [-0.25, -0.2) is 12.8 Å². The Morgan fingerprint density at radius 2 is 1.62 bits per heavy atom. The van der Waals surface area contributed by atoms with Gasteiger partial charge >= 0.3 is 5.91 Å². The average Bonchev–Trinajstić information content (AvgIpc) is 3.28. The summed E-state index contributed by atoms with van der Waals surface area (Å²) < 4.78 is 45.8. The lowest BCUT2D eigenvalue weighted by Gasteiger charge is -2.18. The van der Waals surface area contributed by atoms with Gasteiger partial charge in [0.2, 0.25) is 10.0 Å². The first-order valence-electron chi connectivity index (χ1n) is 9.83. The molecule has 0 aliphatic heterocycles. The van der Waals surface area contributed by atoms with Crippen LogP contribution in [0.1, 0.15) is 34.8 Å². The number of rotatable bonds is 7. The SMILES string of the molecule is CCN(CC)S(=O)(=O)c1cccc(C(=O)NNC(=O)c2ccc(-c3ccccc3F)o2)c1. The minimum absolute atomic E-state index is 0.0271. The lowest BCUT2D eigenvalue weighted by atomic mass is 10.1. The number of halogens is 1. The summed E-state index contributed by atoms with van der Waals surface area (Å²) in [7, 11) is -3.74. The highest BCUT2D eigenvalue weighted by atomic mass is 32.2. The number of nitrogens with one attached hydrogen (secondary N) is 2. The van der Waals surface area contributed by atoms with Crippen LogP contribution in [0, 0.1) is 5.82 Å². The minimum Gasteiger partial charge on any atom is -0.451 e. The summed E-state index contributed by atoms with van der Waals surface area (Å²) >= 11 is 0. The lowest BCUT2D eigenvalue weighted by Crippen LogP contribution is -2.41. The molecule has 3 aromatic rings. The number of furan rings is 1. The van der Waals surface area contributed by atoms with Crippen LogP contribution in [0.3, 0.4) is 0 Å². The first-order chi connectivity index (χ1) is 15.3. The smallest absolute Gasteiger partial charge is 0.305 e. The number of hydrogen-bond acceptors (Lipinski definition) is 5. The van der Waals surface area contributed by atoms with E-state index in [0.717, 1.165) is 0 Å². The molecule has 0 unspecified atom stereocenters. The number of amides is 2. The number of benzene rings is 2. The Hall–Kier alpha value is -3.50. The molecule has 2 amide bonds. The van der Waals surface area contributed by atoms with Crippen molar-refractivity contribution in [1.82, 2.24) is 15.2 Å². The molecule has 0 bridgehead atoms. The summed E-state index contributed by atoms with van der Waals surface area (Å²) in [6, 6.07) is 14.2. The molecular formula is C22H22FN3O5S. The number of carbonyl (C=O) groups is 2. The van der Waals surface area contributed by atoms with E-state index in [0.29, 0.717) is 13.1 Å². The van der Waals surface area contributed by atoms with Gasteiger partial charge < -0.3 is 4.42 Å². The number of carbonyl (C=O) groups excluding carboxylic acids is 2. The van der Waals surface area contributed by atoms with Gasteiger partial charge in [0, 0.05) is 18.7 Å². The summed E-state index contributed by atoms with van der Waals surface area (Å²) in [5.41, 5.74) is 4.65. The second kappa shape index (κ2) is 9.75. The summed E-state index contributed by atoms with van der Waals surface area (Å²) in [6.07, 6.45) is 0. The molecule has 10 heteroatoms. The predicted octanol–water partition coefficient (Wildman–Crippen LogP) is 3.19. The van der Waals surface area contributed by atoms with E-state index >= 15 is 0 Å².